The van der Waals surface area contributed by atoms with E-state index in [4.69, 9.17) is 0 Å². The average Bonchev–Trinajstić information content (AvgIpc) is 2.66. The highest BCUT2D eigenvalue weighted by atomic mass is 16.1. The van der Waals surface area contributed by atoms with Crippen molar-refractivity contribution in [2.75, 3.05) is 13.1 Å². The van der Waals surface area contributed by atoms with Crippen molar-refractivity contribution in [2.45, 2.75) is 39.8 Å². The van der Waals surface area contributed by atoms with Crippen molar-refractivity contribution in [3.8, 4) is 0 Å². The normalized spacial score (nSPS) is 19.6. The summed E-state index contributed by atoms with van der Waals surface area (Å²) in [5.41, 5.74) is 3.95. The molecule has 0 radical (unpaired) electrons. The maximum Gasteiger partial charge on any atom is 0.221 e. The van der Waals surface area contributed by atoms with E-state index in [0.29, 0.717) is 26.1 Å². The minimum absolute atomic E-state index is 0.0617. The van der Waals surface area contributed by atoms with Crippen molar-refractivity contribution in [1.29, 1.82) is 0 Å². The van der Waals surface area contributed by atoms with Crippen LogP contribution in [0.1, 0.15) is 30.2 Å². The van der Waals surface area contributed by atoms with Crippen molar-refractivity contribution in [3.05, 3.63) is 45.2 Å². The third-order valence-electron chi connectivity index (χ3n) is 4.68. The van der Waals surface area contributed by atoms with Crippen LogP contribution in [0, 0.1) is 13.8 Å². The summed E-state index contributed by atoms with van der Waals surface area (Å²) >= 11 is 0. The van der Waals surface area contributed by atoms with Crippen LogP contribution >= 0.6 is 0 Å². The fourth-order valence-electron chi connectivity index (χ4n) is 3.20. The SMILES string of the molecule is Cc1ccc(C)c2c(=O)cc(CN3CCC(=O)NC[C@H]3C)[nH]c12. The fourth-order valence-corrected chi connectivity index (χ4v) is 3.20. The van der Waals surface area contributed by atoms with Crippen LogP contribution in [0.5, 0.6) is 0 Å². The van der Waals surface area contributed by atoms with Crippen molar-refractivity contribution < 1.29 is 4.79 Å². The van der Waals surface area contributed by atoms with Crippen LogP contribution in [-0.2, 0) is 11.3 Å². The highest BCUT2D eigenvalue weighted by Crippen LogP contribution is 2.18. The van der Waals surface area contributed by atoms with Crippen LogP contribution in [0.3, 0.4) is 0 Å². The highest BCUT2D eigenvalue weighted by molar-refractivity contribution is 5.84. The van der Waals surface area contributed by atoms with Gasteiger partial charge in [-0.3, -0.25) is 14.5 Å². The molecule has 2 aromatic rings. The molecule has 2 heterocycles. The van der Waals surface area contributed by atoms with Crippen molar-refractivity contribution in [1.82, 2.24) is 15.2 Å². The molecular formula is C18H23N3O2. The second-order valence-electron chi connectivity index (χ2n) is 6.48. The lowest BCUT2D eigenvalue weighted by molar-refractivity contribution is -0.120. The topological polar surface area (TPSA) is 65.2 Å². The van der Waals surface area contributed by atoms with Gasteiger partial charge in [-0.2, -0.15) is 0 Å². The summed E-state index contributed by atoms with van der Waals surface area (Å²) in [5, 5.41) is 3.69. The fraction of sp³-hybridized carbons (Fsp3) is 0.444. The van der Waals surface area contributed by atoms with Crippen molar-refractivity contribution in [3.63, 3.8) is 0 Å². The lowest BCUT2D eigenvalue weighted by atomic mass is 10.0. The minimum atomic E-state index is 0.0617. The van der Waals surface area contributed by atoms with Gasteiger partial charge in [0.25, 0.3) is 0 Å². The Bertz CT molecular complexity index is 810. The summed E-state index contributed by atoms with van der Waals surface area (Å²) in [6.45, 7) is 8.08. The van der Waals surface area contributed by atoms with Gasteiger partial charge >= 0.3 is 0 Å². The molecule has 1 aromatic carbocycles. The second-order valence-corrected chi connectivity index (χ2v) is 6.48. The zero-order valence-electron chi connectivity index (χ0n) is 13.9. The monoisotopic (exact) mass is 313 g/mol. The number of fused-ring (bicyclic) bond motifs is 1. The van der Waals surface area contributed by atoms with Crippen LogP contribution < -0.4 is 10.7 Å². The predicted octanol–water partition coefficient (Wildman–Crippen LogP) is 1.86. The summed E-state index contributed by atoms with van der Waals surface area (Å²) in [4.78, 5) is 29.7. The van der Waals surface area contributed by atoms with E-state index in [-0.39, 0.29) is 17.4 Å². The zero-order valence-corrected chi connectivity index (χ0v) is 13.9. The Morgan fingerprint density at radius 3 is 2.74 bits per heavy atom. The molecule has 1 aliphatic heterocycles. The molecule has 3 rings (SSSR count). The van der Waals surface area contributed by atoms with Crippen molar-refractivity contribution in [2.24, 2.45) is 0 Å². The number of aromatic nitrogens is 1. The van der Waals surface area contributed by atoms with Gasteiger partial charge in [-0.25, -0.2) is 0 Å². The summed E-state index contributed by atoms with van der Waals surface area (Å²) < 4.78 is 0. The number of hydrogen-bond donors (Lipinski definition) is 2. The third kappa shape index (κ3) is 3.15. The molecule has 2 N–H and O–H groups in total. The van der Waals surface area contributed by atoms with E-state index in [1.54, 1.807) is 6.07 Å². The van der Waals surface area contributed by atoms with Crippen LogP contribution in [-0.4, -0.2) is 34.9 Å². The largest absolute Gasteiger partial charge is 0.357 e. The number of aryl methyl sites for hydroxylation is 2. The number of benzene rings is 1. The number of pyridine rings is 1. The number of H-pyrrole nitrogens is 1. The number of aromatic amines is 1. The molecule has 23 heavy (non-hydrogen) atoms. The molecule has 5 nitrogen and oxygen atoms in total. The number of amides is 1. The first kappa shape index (κ1) is 15.7. The molecule has 0 unspecified atom stereocenters. The summed E-state index contributed by atoms with van der Waals surface area (Å²) in [6, 6.07) is 5.97. The summed E-state index contributed by atoms with van der Waals surface area (Å²) in [5.74, 6) is 0.0952. The average molecular weight is 313 g/mol. The summed E-state index contributed by atoms with van der Waals surface area (Å²) in [7, 11) is 0. The number of carbonyl (C=O) groups is 1. The van der Waals surface area contributed by atoms with Gasteiger partial charge in [-0.05, 0) is 31.9 Å². The van der Waals surface area contributed by atoms with Crippen LogP contribution in [0.4, 0.5) is 0 Å². The molecule has 122 valence electrons. The maximum atomic E-state index is 12.5. The highest BCUT2D eigenvalue weighted by Gasteiger charge is 2.20. The van der Waals surface area contributed by atoms with Gasteiger partial charge in [-0.15, -0.1) is 0 Å². The lowest BCUT2D eigenvalue weighted by Crippen LogP contribution is -2.37. The van der Waals surface area contributed by atoms with Gasteiger partial charge in [0.05, 0.1) is 5.52 Å². The van der Waals surface area contributed by atoms with Gasteiger partial charge in [0.1, 0.15) is 0 Å². The minimum Gasteiger partial charge on any atom is -0.357 e. The predicted molar refractivity (Wildman–Crippen MR) is 91.5 cm³/mol. The van der Waals surface area contributed by atoms with E-state index in [1.807, 2.05) is 26.0 Å². The second kappa shape index (κ2) is 6.16. The Labute approximate surface area is 135 Å². The van der Waals surface area contributed by atoms with Crippen LogP contribution in [0.25, 0.3) is 10.9 Å². The van der Waals surface area contributed by atoms with E-state index in [0.717, 1.165) is 27.7 Å². The Morgan fingerprint density at radius 2 is 1.96 bits per heavy atom. The van der Waals surface area contributed by atoms with Crippen LogP contribution in [0.15, 0.2) is 23.0 Å². The Morgan fingerprint density at radius 1 is 1.22 bits per heavy atom. The van der Waals surface area contributed by atoms with Gasteiger partial charge in [-0.1, -0.05) is 12.1 Å². The Hall–Kier alpha value is -2.14. The van der Waals surface area contributed by atoms with E-state index in [9.17, 15) is 9.59 Å². The van der Waals surface area contributed by atoms with E-state index in [2.05, 4.69) is 22.1 Å². The van der Waals surface area contributed by atoms with Crippen LogP contribution in [0.2, 0.25) is 0 Å². The molecule has 0 aliphatic carbocycles. The molecule has 1 atom stereocenters. The van der Waals surface area contributed by atoms with E-state index in [1.165, 1.54) is 0 Å². The molecule has 5 heteroatoms. The smallest absolute Gasteiger partial charge is 0.221 e. The summed E-state index contributed by atoms with van der Waals surface area (Å²) in [6.07, 6.45) is 0.500. The molecule has 1 fully saturated rings. The maximum absolute atomic E-state index is 12.5. The number of nitrogens with zero attached hydrogens (tertiary/aromatic N) is 1. The first-order valence-electron chi connectivity index (χ1n) is 8.08. The number of carbonyl (C=O) groups excluding carboxylic acids is 1. The first-order valence-corrected chi connectivity index (χ1v) is 8.08. The van der Waals surface area contributed by atoms with Crippen molar-refractivity contribution >= 4 is 16.8 Å². The Kier molecular flexibility index (Phi) is 4.22. The molecule has 1 aromatic heterocycles. The van der Waals surface area contributed by atoms with Gasteiger partial charge in [0, 0.05) is 49.2 Å². The molecule has 1 saturated heterocycles. The third-order valence-corrected chi connectivity index (χ3v) is 4.68. The standard InChI is InChI=1S/C18H23N3O2/c1-11-4-5-12(2)18-17(11)15(22)8-14(20-18)10-21-7-6-16(23)19-9-13(21)3/h4-5,8,13H,6-7,9-10H2,1-3H3,(H,19,23)(H,20,22)/t13-/m1/s1. The van der Waals surface area contributed by atoms with Gasteiger partial charge < -0.3 is 10.3 Å². The molecule has 0 bridgehead atoms. The molecular weight excluding hydrogens is 290 g/mol. The number of hydrogen-bond acceptors (Lipinski definition) is 3. The zero-order chi connectivity index (χ0) is 16.6. The molecule has 1 aliphatic rings. The van der Waals surface area contributed by atoms with Gasteiger partial charge in [0.15, 0.2) is 5.43 Å². The number of nitrogens with one attached hydrogen (secondary N) is 2. The molecule has 0 spiro atoms. The quantitative estimate of drug-likeness (QED) is 0.889. The first-order chi connectivity index (χ1) is 11.0. The van der Waals surface area contributed by atoms with Gasteiger partial charge in [0.2, 0.25) is 5.91 Å². The molecule has 0 saturated carbocycles. The lowest BCUT2D eigenvalue weighted by Gasteiger charge is -2.26. The van der Waals surface area contributed by atoms with E-state index >= 15 is 0 Å². The number of rotatable bonds is 2. The molecule has 1 amide bonds. The Balaban J connectivity index is 1.96. The van der Waals surface area contributed by atoms with E-state index < -0.39 is 0 Å².